The summed E-state index contributed by atoms with van der Waals surface area (Å²) in [6.45, 7) is 2.01. The number of benzene rings is 1. The lowest BCUT2D eigenvalue weighted by molar-refractivity contribution is -0.594. The zero-order valence-electron chi connectivity index (χ0n) is 15.5. The number of nitrogens with zero attached hydrogens (tertiary/aromatic N) is 2. The quantitative estimate of drug-likeness (QED) is 0.384. The SMILES string of the molecule is C.Cc1ccc(C(=O)CCc2c[n+](-c3ccc(-n4ccccc4=O)cc3)c[nH]2)s1. The summed E-state index contributed by atoms with van der Waals surface area (Å²) in [5, 5.41) is 0. The molecule has 3 heterocycles. The number of Topliss-reactive ketones (excluding diaryl/α,β-unsaturated/α-hetero) is 1. The number of ketones is 1. The van der Waals surface area contributed by atoms with E-state index >= 15 is 0 Å². The number of aromatic amines is 1. The minimum Gasteiger partial charge on any atom is -0.293 e. The van der Waals surface area contributed by atoms with Crippen molar-refractivity contribution >= 4 is 17.1 Å². The van der Waals surface area contributed by atoms with E-state index in [1.807, 2.05) is 66.5 Å². The molecule has 6 heteroatoms. The van der Waals surface area contributed by atoms with E-state index in [9.17, 15) is 9.59 Å². The lowest BCUT2D eigenvalue weighted by atomic mass is 10.1. The van der Waals surface area contributed by atoms with Gasteiger partial charge in [-0.3, -0.25) is 14.2 Å². The average Bonchev–Trinajstić information content (AvgIpc) is 3.36. The topological polar surface area (TPSA) is 58.7 Å². The number of pyridine rings is 1. The van der Waals surface area contributed by atoms with Gasteiger partial charge in [-0.1, -0.05) is 13.5 Å². The minimum absolute atomic E-state index is 0. The van der Waals surface area contributed by atoms with Crippen molar-refractivity contribution in [3.8, 4) is 11.4 Å². The first-order valence-electron chi connectivity index (χ1n) is 9.07. The predicted molar refractivity (Wildman–Crippen MR) is 116 cm³/mol. The number of carbonyl (C=O) groups is 1. The Hall–Kier alpha value is -3.25. The Morgan fingerprint density at radius 3 is 2.59 bits per heavy atom. The van der Waals surface area contributed by atoms with E-state index in [-0.39, 0.29) is 18.8 Å². The molecule has 0 saturated heterocycles. The molecule has 0 aliphatic heterocycles. The van der Waals surface area contributed by atoms with Crippen LogP contribution in [0.2, 0.25) is 0 Å². The van der Waals surface area contributed by atoms with Gasteiger partial charge >= 0.3 is 0 Å². The number of aryl methyl sites for hydroxylation is 2. The summed E-state index contributed by atoms with van der Waals surface area (Å²) >= 11 is 1.54. The first kappa shape index (κ1) is 20.5. The number of thiophene rings is 1. The van der Waals surface area contributed by atoms with Gasteiger partial charge in [0.2, 0.25) is 6.33 Å². The van der Waals surface area contributed by atoms with Crippen LogP contribution in [0.15, 0.2) is 78.1 Å². The average molecular weight is 407 g/mol. The second-order valence-corrected chi connectivity index (χ2v) is 7.88. The number of nitrogens with one attached hydrogen (secondary N) is 1. The molecular weight excluding hydrogens is 382 g/mol. The molecular formula is C23H24N3O2S+. The Morgan fingerprint density at radius 1 is 1.10 bits per heavy atom. The lowest BCUT2D eigenvalue weighted by Crippen LogP contribution is -2.27. The molecule has 4 rings (SSSR count). The van der Waals surface area contributed by atoms with Crippen LogP contribution in [0.5, 0.6) is 0 Å². The highest BCUT2D eigenvalue weighted by Gasteiger charge is 2.13. The van der Waals surface area contributed by atoms with Crippen molar-refractivity contribution in [1.29, 1.82) is 0 Å². The van der Waals surface area contributed by atoms with Crippen molar-refractivity contribution in [2.75, 3.05) is 0 Å². The number of hydrogen-bond acceptors (Lipinski definition) is 3. The summed E-state index contributed by atoms with van der Waals surface area (Å²) in [6, 6.07) is 16.7. The Bertz CT molecular complexity index is 1170. The molecule has 0 atom stereocenters. The van der Waals surface area contributed by atoms with Crippen LogP contribution in [0.25, 0.3) is 11.4 Å². The van der Waals surface area contributed by atoms with Crippen LogP contribution in [-0.4, -0.2) is 15.3 Å². The molecule has 1 aromatic carbocycles. The summed E-state index contributed by atoms with van der Waals surface area (Å²) in [5.41, 5.74) is 2.75. The van der Waals surface area contributed by atoms with Gasteiger partial charge in [0.1, 0.15) is 17.6 Å². The molecule has 0 unspecified atom stereocenters. The molecule has 0 radical (unpaired) electrons. The number of imidazole rings is 1. The van der Waals surface area contributed by atoms with E-state index in [1.165, 1.54) is 0 Å². The van der Waals surface area contributed by atoms with Crippen LogP contribution >= 0.6 is 11.3 Å². The van der Waals surface area contributed by atoms with Gasteiger partial charge in [-0.15, -0.1) is 11.3 Å². The van der Waals surface area contributed by atoms with Gasteiger partial charge in [-0.25, -0.2) is 9.55 Å². The summed E-state index contributed by atoms with van der Waals surface area (Å²) in [6.07, 6.45) is 6.77. The highest BCUT2D eigenvalue weighted by molar-refractivity contribution is 7.14. The fourth-order valence-corrected chi connectivity index (χ4v) is 3.90. The number of carbonyl (C=O) groups excluding carboxylic acids is 1. The lowest BCUT2D eigenvalue weighted by Gasteiger charge is -2.04. The fourth-order valence-electron chi connectivity index (χ4n) is 3.06. The molecule has 3 aromatic heterocycles. The van der Waals surface area contributed by atoms with Crippen LogP contribution in [0.4, 0.5) is 0 Å². The van der Waals surface area contributed by atoms with E-state index in [1.54, 1.807) is 34.2 Å². The molecule has 148 valence electrons. The van der Waals surface area contributed by atoms with E-state index < -0.39 is 0 Å². The Balaban J connectivity index is 0.00000240. The Morgan fingerprint density at radius 2 is 1.90 bits per heavy atom. The van der Waals surface area contributed by atoms with Crippen LogP contribution < -0.4 is 10.1 Å². The van der Waals surface area contributed by atoms with E-state index in [0.717, 1.165) is 26.8 Å². The molecule has 0 aliphatic rings. The molecule has 0 amide bonds. The van der Waals surface area contributed by atoms with E-state index in [0.29, 0.717) is 12.8 Å². The number of aromatic nitrogens is 3. The number of hydrogen-bond donors (Lipinski definition) is 1. The number of H-pyrrole nitrogens is 1. The van der Waals surface area contributed by atoms with Gasteiger partial charge in [0, 0.05) is 35.7 Å². The number of rotatable bonds is 6. The van der Waals surface area contributed by atoms with Gasteiger partial charge in [0.25, 0.3) is 5.56 Å². The van der Waals surface area contributed by atoms with Gasteiger partial charge in [-0.2, -0.15) is 0 Å². The fraction of sp³-hybridized carbons (Fsp3) is 0.174. The Kier molecular flexibility index (Phi) is 6.24. The predicted octanol–water partition coefficient (Wildman–Crippen LogP) is 4.26. The van der Waals surface area contributed by atoms with Gasteiger partial charge in [-0.05, 0) is 49.4 Å². The van der Waals surface area contributed by atoms with Gasteiger partial charge in [0.15, 0.2) is 5.78 Å². The molecule has 0 bridgehead atoms. The second kappa shape index (κ2) is 8.84. The maximum Gasteiger partial charge on any atom is 0.255 e. The van der Waals surface area contributed by atoms with Crippen molar-refractivity contribution in [2.45, 2.75) is 27.2 Å². The van der Waals surface area contributed by atoms with E-state index in [2.05, 4.69) is 4.98 Å². The normalized spacial score (nSPS) is 10.5. The zero-order chi connectivity index (χ0) is 19.5. The first-order chi connectivity index (χ1) is 13.6. The second-order valence-electron chi connectivity index (χ2n) is 6.59. The molecule has 29 heavy (non-hydrogen) atoms. The van der Waals surface area contributed by atoms with Crippen molar-refractivity contribution in [3.05, 3.63) is 99.1 Å². The summed E-state index contributed by atoms with van der Waals surface area (Å²) in [7, 11) is 0. The van der Waals surface area contributed by atoms with Crippen LogP contribution in [0, 0.1) is 6.92 Å². The molecule has 0 aliphatic carbocycles. The monoisotopic (exact) mass is 406 g/mol. The summed E-state index contributed by atoms with van der Waals surface area (Å²) in [4.78, 5) is 29.4. The third-order valence-corrected chi connectivity index (χ3v) is 5.61. The van der Waals surface area contributed by atoms with Gasteiger partial charge in [0.05, 0.1) is 4.88 Å². The molecule has 1 N–H and O–H groups in total. The summed E-state index contributed by atoms with van der Waals surface area (Å²) in [5.74, 6) is 0.178. The Labute approximate surface area is 173 Å². The van der Waals surface area contributed by atoms with Crippen LogP contribution in [0.1, 0.15) is 34.1 Å². The molecule has 5 nitrogen and oxygen atoms in total. The highest BCUT2D eigenvalue weighted by Crippen LogP contribution is 2.17. The molecule has 4 aromatic rings. The van der Waals surface area contributed by atoms with Crippen molar-refractivity contribution in [1.82, 2.24) is 9.55 Å². The molecule has 0 spiro atoms. The third-order valence-electron chi connectivity index (χ3n) is 4.57. The maximum atomic E-state index is 12.3. The standard InChI is InChI=1S/C22H19N3O2S.CH4/c1-16-5-12-21(28-16)20(26)11-6-17-14-24(15-23-17)18-7-9-19(10-8-18)25-13-3-2-4-22(25)27;/h2-5,7-10,12-15H,6,11H2,1H3;1H4/p+1. The third kappa shape index (κ3) is 4.60. The highest BCUT2D eigenvalue weighted by atomic mass is 32.1. The smallest absolute Gasteiger partial charge is 0.255 e. The molecule has 0 fully saturated rings. The van der Waals surface area contributed by atoms with Gasteiger partial charge < -0.3 is 0 Å². The molecule has 0 saturated carbocycles. The van der Waals surface area contributed by atoms with Crippen molar-refractivity contribution in [2.24, 2.45) is 0 Å². The van der Waals surface area contributed by atoms with Crippen LogP contribution in [-0.2, 0) is 6.42 Å². The largest absolute Gasteiger partial charge is 0.293 e. The maximum absolute atomic E-state index is 12.3. The van der Waals surface area contributed by atoms with E-state index in [4.69, 9.17) is 0 Å². The summed E-state index contributed by atoms with van der Waals surface area (Å²) < 4.78 is 3.58. The van der Waals surface area contributed by atoms with Crippen molar-refractivity contribution < 1.29 is 9.36 Å². The zero-order valence-corrected chi connectivity index (χ0v) is 16.3. The minimum atomic E-state index is -0.0579. The van der Waals surface area contributed by atoms with Crippen molar-refractivity contribution in [3.63, 3.8) is 0 Å². The first-order valence-corrected chi connectivity index (χ1v) is 9.88. The van der Waals surface area contributed by atoms with Crippen LogP contribution in [0.3, 0.4) is 0 Å².